The Morgan fingerprint density at radius 2 is 1.86 bits per heavy atom. The van der Waals surface area contributed by atoms with Crippen LogP contribution in [0.25, 0.3) is 0 Å². The quantitative estimate of drug-likeness (QED) is 0.709. The molecule has 1 fully saturated rings. The predicted octanol–water partition coefficient (Wildman–Crippen LogP) is 1.01. The SMILES string of the molecule is CCC(=O)c1ccc(C(=O)NCC2CNCC2O)cc1.Cl. The summed E-state index contributed by atoms with van der Waals surface area (Å²) < 4.78 is 0. The number of nitrogens with one attached hydrogen (secondary N) is 2. The number of hydrogen-bond acceptors (Lipinski definition) is 4. The summed E-state index contributed by atoms with van der Waals surface area (Å²) in [5.74, 6) is -0.0587. The maximum atomic E-state index is 12.0. The molecule has 0 spiro atoms. The Labute approximate surface area is 130 Å². The molecule has 2 rings (SSSR count). The zero-order valence-electron chi connectivity index (χ0n) is 12.0. The number of β-amino-alcohol motifs (C(OH)–C–C–N with tert-alkyl or cyclic N) is 1. The van der Waals surface area contributed by atoms with Crippen molar-refractivity contribution < 1.29 is 14.7 Å². The molecule has 2 unspecified atom stereocenters. The number of benzene rings is 1. The molecule has 1 aliphatic heterocycles. The van der Waals surface area contributed by atoms with Crippen molar-refractivity contribution in [3.05, 3.63) is 35.4 Å². The second-order valence-corrected chi connectivity index (χ2v) is 5.05. The van der Waals surface area contributed by atoms with Crippen LogP contribution in [-0.4, -0.2) is 42.5 Å². The number of carbonyl (C=O) groups is 2. The molecule has 21 heavy (non-hydrogen) atoms. The lowest BCUT2D eigenvalue weighted by molar-refractivity contribution is 0.0924. The van der Waals surface area contributed by atoms with Crippen molar-refractivity contribution >= 4 is 24.1 Å². The van der Waals surface area contributed by atoms with Crippen molar-refractivity contribution in [2.24, 2.45) is 5.92 Å². The highest BCUT2D eigenvalue weighted by Gasteiger charge is 2.25. The first-order valence-electron chi connectivity index (χ1n) is 6.92. The lowest BCUT2D eigenvalue weighted by atomic mass is 10.0. The van der Waals surface area contributed by atoms with E-state index in [4.69, 9.17) is 0 Å². The number of hydrogen-bond donors (Lipinski definition) is 3. The van der Waals surface area contributed by atoms with Gasteiger partial charge in [-0.05, 0) is 12.1 Å². The summed E-state index contributed by atoms with van der Waals surface area (Å²) in [6.07, 6.45) is 0.0535. The number of carbonyl (C=O) groups excluding carboxylic acids is 2. The summed E-state index contributed by atoms with van der Waals surface area (Å²) in [6.45, 7) is 3.55. The zero-order valence-corrected chi connectivity index (χ0v) is 12.8. The minimum absolute atomic E-state index is 0. The van der Waals surface area contributed by atoms with E-state index in [1.165, 1.54) is 0 Å². The lowest BCUT2D eigenvalue weighted by Crippen LogP contribution is -2.34. The van der Waals surface area contributed by atoms with Crippen LogP contribution >= 0.6 is 12.4 Å². The third-order valence-corrected chi connectivity index (χ3v) is 3.62. The van der Waals surface area contributed by atoms with Crippen LogP contribution in [0.5, 0.6) is 0 Å². The van der Waals surface area contributed by atoms with E-state index in [0.717, 1.165) is 0 Å². The average Bonchev–Trinajstić information content (AvgIpc) is 2.89. The van der Waals surface area contributed by atoms with E-state index in [-0.39, 0.29) is 30.0 Å². The minimum atomic E-state index is -0.403. The van der Waals surface area contributed by atoms with E-state index in [1.807, 2.05) is 6.92 Å². The highest BCUT2D eigenvalue weighted by molar-refractivity contribution is 5.98. The number of amides is 1. The fraction of sp³-hybridized carbons (Fsp3) is 0.467. The molecule has 0 aromatic heterocycles. The number of rotatable bonds is 5. The molecule has 6 heteroatoms. The number of Topliss-reactive ketones (excluding diaryl/α,β-unsaturated/α-hetero) is 1. The number of halogens is 1. The van der Waals surface area contributed by atoms with Crippen molar-refractivity contribution in [1.82, 2.24) is 10.6 Å². The molecular formula is C15H21ClN2O3. The van der Waals surface area contributed by atoms with Gasteiger partial charge in [-0.15, -0.1) is 12.4 Å². The first kappa shape index (κ1) is 17.6. The highest BCUT2D eigenvalue weighted by atomic mass is 35.5. The van der Waals surface area contributed by atoms with Crippen LogP contribution in [0.1, 0.15) is 34.1 Å². The zero-order chi connectivity index (χ0) is 14.5. The third kappa shape index (κ3) is 4.52. The summed E-state index contributed by atoms with van der Waals surface area (Å²) >= 11 is 0. The Bertz CT molecular complexity index is 490. The predicted molar refractivity (Wildman–Crippen MR) is 83.0 cm³/mol. The van der Waals surface area contributed by atoms with Gasteiger partial charge in [0.05, 0.1) is 6.10 Å². The Hall–Kier alpha value is -1.43. The number of ketones is 1. The van der Waals surface area contributed by atoms with Gasteiger partial charge in [0.2, 0.25) is 0 Å². The second-order valence-electron chi connectivity index (χ2n) is 5.05. The summed E-state index contributed by atoms with van der Waals surface area (Å²) in [5.41, 5.74) is 1.15. The Balaban J connectivity index is 0.00000220. The van der Waals surface area contributed by atoms with Gasteiger partial charge in [-0.25, -0.2) is 0 Å². The maximum absolute atomic E-state index is 12.0. The summed E-state index contributed by atoms with van der Waals surface area (Å²) in [7, 11) is 0. The molecule has 3 N–H and O–H groups in total. The van der Waals surface area contributed by atoms with Crippen LogP contribution in [0.2, 0.25) is 0 Å². The third-order valence-electron chi connectivity index (χ3n) is 3.62. The van der Waals surface area contributed by atoms with Gasteiger partial charge in [0.1, 0.15) is 0 Å². The molecule has 0 saturated carbocycles. The minimum Gasteiger partial charge on any atom is -0.391 e. The van der Waals surface area contributed by atoms with Gasteiger partial charge in [-0.2, -0.15) is 0 Å². The monoisotopic (exact) mass is 312 g/mol. The Morgan fingerprint density at radius 1 is 1.24 bits per heavy atom. The van der Waals surface area contributed by atoms with E-state index in [0.29, 0.717) is 37.2 Å². The summed E-state index contributed by atoms with van der Waals surface area (Å²) in [5, 5.41) is 15.5. The van der Waals surface area contributed by atoms with E-state index in [9.17, 15) is 14.7 Å². The van der Waals surface area contributed by atoms with Crippen LogP contribution in [0.15, 0.2) is 24.3 Å². The molecule has 0 aliphatic carbocycles. The second kappa shape index (κ2) is 8.12. The molecule has 116 valence electrons. The van der Waals surface area contributed by atoms with Gasteiger partial charge in [-0.1, -0.05) is 19.1 Å². The summed E-state index contributed by atoms with van der Waals surface area (Å²) in [6, 6.07) is 6.66. The van der Waals surface area contributed by atoms with Crippen molar-refractivity contribution in [3.8, 4) is 0 Å². The molecule has 2 atom stereocenters. The van der Waals surface area contributed by atoms with Gasteiger partial charge in [-0.3, -0.25) is 9.59 Å². The van der Waals surface area contributed by atoms with Gasteiger partial charge < -0.3 is 15.7 Å². The number of aliphatic hydroxyl groups is 1. The van der Waals surface area contributed by atoms with E-state index in [1.54, 1.807) is 24.3 Å². The fourth-order valence-electron chi connectivity index (χ4n) is 2.26. The molecule has 1 amide bonds. The standard InChI is InChI=1S/C15H20N2O3.ClH/c1-2-13(18)10-3-5-11(6-4-10)15(20)17-8-12-7-16-9-14(12)19;/h3-6,12,14,16,19H,2,7-9H2,1H3,(H,17,20);1H. The normalized spacial score (nSPS) is 20.7. The smallest absolute Gasteiger partial charge is 0.251 e. The first-order chi connectivity index (χ1) is 9.61. The van der Waals surface area contributed by atoms with Crippen LogP contribution < -0.4 is 10.6 Å². The molecule has 1 saturated heterocycles. The van der Waals surface area contributed by atoms with Crippen molar-refractivity contribution in [3.63, 3.8) is 0 Å². The van der Waals surface area contributed by atoms with Gasteiger partial charge in [0.15, 0.2) is 5.78 Å². The van der Waals surface area contributed by atoms with Crippen LogP contribution in [0, 0.1) is 5.92 Å². The van der Waals surface area contributed by atoms with Crippen molar-refractivity contribution in [1.29, 1.82) is 0 Å². The van der Waals surface area contributed by atoms with Gasteiger partial charge >= 0.3 is 0 Å². The average molecular weight is 313 g/mol. The molecule has 1 aromatic carbocycles. The van der Waals surface area contributed by atoms with E-state index >= 15 is 0 Å². The molecule has 0 radical (unpaired) electrons. The van der Waals surface area contributed by atoms with Crippen LogP contribution in [0.3, 0.4) is 0 Å². The topological polar surface area (TPSA) is 78.4 Å². The molecular weight excluding hydrogens is 292 g/mol. The Kier molecular flexibility index (Phi) is 6.81. The van der Waals surface area contributed by atoms with E-state index in [2.05, 4.69) is 10.6 Å². The molecule has 5 nitrogen and oxygen atoms in total. The molecule has 1 heterocycles. The molecule has 1 aliphatic rings. The first-order valence-corrected chi connectivity index (χ1v) is 6.92. The molecule has 1 aromatic rings. The largest absolute Gasteiger partial charge is 0.391 e. The fourth-order valence-corrected chi connectivity index (χ4v) is 2.26. The molecule has 0 bridgehead atoms. The van der Waals surface area contributed by atoms with Crippen molar-refractivity contribution in [2.75, 3.05) is 19.6 Å². The van der Waals surface area contributed by atoms with Gasteiger partial charge in [0, 0.05) is 43.1 Å². The van der Waals surface area contributed by atoms with Crippen LogP contribution in [-0.2, 0) is 0 Å². The Morgan fingerprint density at radius 3 is 2.38 bits per heavy atom. The highest BCUT2D eigenvalue weighted by Crippen LogP contribution is 2.09. The van der Waals surface area contributed by atoms with Crippen molar-refractivity contribution in [2.45, 2.75) is 19.4 Å². The van der Waals surface area contributed by atoms with Crippen LogP contribution in [0.4, 0.5) is 0 Å². The number of aliphatic hydroxyl groups excluding tert-OH is 1. The van der Waals surface area contributed by atoms with E-state index < -0.39 is 6.10 Å². The van der Waals surface area contributed by atoms with Gasteiger partial charge in [0.25, 0.3) is 5.91 Å². The lowest BCUT2D eigenvalue weighted by Gasteiger charge is -2.14. The summed E-state index contributed by atoms with van der Waals surface area (Å²) in [4.78, 5) is 23.5. The maximum Gasteiger partial charge on any atom is 0.251 e.